The number of rotatable bonds is 4. The van der Waals surface area contributed by atoms with E-state index in [1.165, 1.54) is 6.08 Å². The molecule has 0 aromatic heterocycles. The summed E-state index contributed by atoms with van der Waals surface area (Å²) in [6.07, 6.45) is 2.02. The first-order chi connectivity index (χ1) is 5.35. The Kier molecular flexibility index (Phi) is 3.96. The first kappa shape index (κ1) is 11.2. The van der Waals surface area contributed by atoms with Gasteiger partial charge in [-0.25, -0.2) is 0 Å². The molecule has 12 heavy (non-hydrogen) atoms. The molecule has 0 aromatic carbocycles. The number of hydrogen-bond acceptors (Lipinski definition) is 2. The van der Waals surface area contributed by atoms with Crippen molar-refractivity contribution in [2.75, 3.05) is 0 Å². The molecule has 0 aromatic rings. The van der Waals surface area contributed by atoms with Crippen molar-refractivity contribution in [3.8, 4) is 0 Å². The third-order valence-corrected chi connectivity index (χ3v) is 1.41. The molecule has 3 heteroatoms. The van der Waals surface area contributed by atoms with E-state index in [4.69, 9.17) is 5.73 Å². The summed E-state index contributed by atoms with van der Waals surface area (Å²) in [5.41, 5.74) is 5.53. The first-order valence-corrected chi connectivity index (χ1v) is 4.07. The molecule has 0 aliphatic rings. The molecule has 1 amide bonds. The van der Waals surface area contributed by atoms with Gasteiger partial charge in [0, 0.05) is 11.6 Å². The Hall–Kier alpha value is -0.830. The van der Waals surface area contributed by atoms with Crippen molar-refractivity contribution in [1.82, 2.24) is 5.32 Å². The third kappa shape index (κ3) is 5.92. The zero-order valence-corrected chi connectivity index (χ0v) is 8.05. The van der Waals surface area contributed by atoms with Gasteiger partial charge in [0.05, 0.1) is 0 Å². The largest absolute Gasteiger partial charge is 0.350 e. The van der Waals surface area contributed by atoms with Crippen molar-refractivity contribution in [3.63, 3.8) is 0 Å². The van der Waals surface area contributed by atoms with Gasteiger partial charge in [0.1, 0.15) is 0 Å². The van der Waals surface area contributed by atoms with Gasteiger partial charge in [0.2, 0.25) is 5.91 Å². The molecule has 0 radical (unpaired) electrons. The van der Waals surface area contributed by atoms with Gasteiger partial charge in [0.15, 0.2) is 0 Å². The maximum atomic E-state index is 10.8. The van der Waals surface area contributed by atoms with Crippen molar-refractivity contribution < 1.29 is 4.79 Å². The van der Waals surface area contributed by atoms with Crippen LogP contribution >= 0.6 is 0 Å². The average molecular weight is 170 g/mol. The van der Waals surface area contributed by atoms with Crippen LogP contribution in [0.25, 0.3) is 0 Å². The smallest absolute Gasteiger partial charge is 0.243 e. The number of nitrogens with one attached hydrogen (secondary N) is 1. The molecule has 0 rings (SSSR count). The Bertz CT molecular complexity index is 170. The standard InChI is InChI=1S/C9H18N2O/c1-5-8(12)11-7(2)6-9(3,4)10/h5,7H,1,6,10H2,2-4H3,(H,11,12). The van der Waals surface area contributed by atoms with Crippen LogP contribution in [0.15, 0.2) is 12.7 Å². The number of hydrogen-bond donors (Lipinski definition) is 2. The van der Waals surface area contributed by atoms with E-state index in [0.29, 0.717) is 0 Å². The van der Waals surface area contributed by atoms with E-state index in [0.717, 1.165) is 6.42 Å². The lowest BCUT2D eigenvalue weighted by molar-refractivity contribution is -0.117. The zero-order valence-electron chi connectivity index (χ0n) is 8.05. The highest BCUT2D eigenvalue weighted by Crippen LogP contribution is 2.06. The highest BCUT2D eigenvalue weighted by Gasteiger charge is 2.15. The van der Waals surface area contributed by atoms with Crippen molar-refractivity contribution >= 4 is 5.91 Å². The van der Waals surface area contributed by atoms with Gasteiger partial charge in [-0.1, -0.05) is 6.58 Å². The van der Waals surface area contributed by atoms with Gasteiger partial charge in [-0.2, -0.15) is 0 Å². The minimum Gasteiger partial charge on any atom is -0.350 e. The van der Waals surface area contributed by atoms with Gasteiger partial charge in [-0.3, -0.25) is 4.79 Å². The van der Waals surface area contributed by atoms with Crippen LogP contribution < -0.4 is 11.1 Å². The van der Waals surface area contributed by atoms with E-state index in [-0.39, 0.29) is 17.5 Å². The Labute approximate surface area is 74.0 Å². The monoisotopic (exact) mass is 170 g/mol. The van der Waals surface area contributed by atoms with E-state index in [2.05, 4.69) is 11.9 Å². The Morgan fingerprint density at radius 1 is 1.75 bits per heavy atom. The Balaban J connectivity index is 3.82. The summed E-state index contributed by atoms with van der Waals surface area (Å²) in [7, 11) is 0. The number of carbonyl (C=O) groups excluding carboxylic acids is 1. The van der Waals surface area contributed by atoms with E-state index in [1.54, 1.807) is 0 Å². The molecule has 0 fully saturated rings. The summed E-state index contributed by atoms with van der Waals surface area (Å²) in [4.78, 5) is 10.8. The van der Waals surface area contributed by atoms with Crippen LogP contribution in [-0.2, 0) is 4.79 Å². The summed E-state index contributed by atoms with van der Waals surface area (Å²) < 4.78 is 0. The SMILES string of the molecule is C=CC(=O)NC(C)CC(C)(C)N. The molecule has 0 spiro atoms. The van der Waals surface area contributed by atoms with Gasteiger partial charge >= 0.3 is 0 Å². The van der Waals surface area contributed by atoms with Crippen molar-refractivity contribution in [1.29, 1.82) is 0 Å². The lowest BCUT2D eigenvalue weighted by Gasteiger charge is -2.23. The van der Waals surface area contributed by atoms with Crippen LogP contribution in [0.5, 0.6) is 0 Å². The fraction of sp³-hybridized carbons (Fsp3) is 0.667. The molecule has 3 N–H and O–H groups in total. The molecule has 0 saturated heterocycles. The van der Waals surface area contributed by atoms with Crippen LogP contribution in [0.3, 0.4) is 0 Å². The minimum atomic E-state index is -0.242. The van der Waals surface area contributed by atoms with Crippen LogP contribution in [0.2, 0.25) is 0 Å². The Morgan fingerprint density at radius 2 is 2.25 bits per heavy atom. The van der Waals surface area contributed by atoms with Gasteiger partial charge in [0.25, 0.3) is 0 Å². The lowest BCUT2D eigenvalue weighted by Crippen LogP contribution is -2.42. The summed E-state index contributed by atoms with van der Waals surface area (Å²) in [6, 6.07) is 0.0931. The average Bonchev–Trinajstić information content (AvgIpc) is 1.82. The normalized spacial score (nSPS) is 13.7. The first-order valence-electron chi connectivity index (χ1n) is 4.07. The predicted octanol–water partition coefficient (Wildman–Crippen LogP) is 0.804. The van der Waals surface area contributed by atoms with Crippen molar-refractivity contribution in [2.45, 2.75) is 38.8 Å². The lowest BCUT2D eigenvalue weighted by atomic mass is 9.97. The molecule has 3 nitrogen and oxygen atoms in total. The Morgan fingerprint density at radius 3 is 2.58 bits per heavy atom. The molecule has 0 aliphatic carbocycles. The second-order valence-electron chi connectivity index (χ2n) is 3.81. The van der Waals surface area contributed by atoms with Crippen LogP contribution in [-0.4, -0.2) is 17.5 Å². The van der Waals surface area contributed by atoms with Gasteiger partial charge in [-0.05, 0) is 33.3 Å². The van der Waals surface area contributed by atoms with Crippen molar-refractivity contribution in [2.24, 2.45) is 5.73 Å². The summed E-state index contributed by atoms with van der Waals surface area (Å²) in [6.45, 7) is 9.16. The highest BCUT2D eigenvalue weighted by molar-refractivity contribution is 5.87. The molecular formula is C9H18N2O. The van der Waals surface area contributed by atoms with Crippen LogP contribution in [0, 0.1) is 0 Å². The van der Waals surface area contributed by atoms with Gasteiger partial charge in [-0.15, -0.1) is 0 Å². The summed E-state index contributed by atoms with van der Waals surface area (Å²) >= 11 is 0. The van der Waals surface area contributed by atoms with Crippen LogP contribution in [0.4, 0.5) is 0 Å². The second kappa shape index (κ2) is 4.26. The highest BCUT2D eigenvalue weighted by atomic mass is 16.1. The topological polar surface area (TPSA) is 55.1 Å². The molecule has 1 unspecified atom stereocenters. The maximum Gasteiger partial charge on any atom is 0.243 e. The molecule has 0 saturated carbocycles. The number of carbonyl (C=O) groups is 1. The third-order valence-electron chi connectivity index (χ3n) is 1.41. The summed E-state index contributed by atoms with van der Waals surface area (Å²) in [5, 5.41) is 2.75. The molecule has 0 aliphatic heterocycles. The summed E-state index contributed by atoms with van der Waals surface area (Å²) in [5.74, 6) is -0.147. The molecule has 1 atom stereocenters. The van der Waals surface area contributed by atoms with E-state index in [9.17, 15) is 4.79 Å². The molecule has 0 bridgehead atoms. The second-order valence-corrected chi connectivity index (χ2v) is 3.81. The maximum absolute atomic E-state index is 10.8. The van der Waals surface area contributed by atoms with E-state index >= 15 is 0 Å². The van der Waals surface area contributed by atoms with Crippen molar-refractivity contribution in [3.05, 3.63) is 12.7 Å². The molecule has 0 heterocycles. The number of amides is 1. The van der Waals surface area contributed by atoms with E-state index in [1.807, 2.05) is 20.8 Å². The van der Waals surface area contributed by atoms with Crippen LogP contribution in [0.1, 0.15) is 27.2 Å². The molecule has 70 valence electrons. The van der Waals surface area contributed by atoms with E-state index < -0.39 is 0 Å². The van der Waals surface area contributed by atoms with Gasteiger partial charge < -0.3 is 11.1 Å². The quantitative estimate of drug-likeness (QED) is 0.613. The zero-order chi connectivity index (χ0) is 9.78. The molecular weight excluding hydrogens is 152 g/mol. The fourth-order valence-corrected chi connectivity index (χ4v) is 1.14. The number of nitrogens with two attached hydrogens (primary N) is 1. The fourth-order valence-electron chi connectivity index (χ4n) is 1.14. The predicted molar refractivity (Wildman–Crippen MR) is 50.7 cm³/mol. The minimum absolute atomic E-state index is 0.0931.